The Labute approximate surface area is 181 Å². The van der Waals surface area contributed by atoms with Crippen molar-refractivity contribution < 1.29 is 19.8 Å². The Bertz CT molecular complexity index is 684. The number of nitrogens with two attached hydrogens (primary N) is 1. The van der Waals surface area contributed by atoms with Crippen LogP contribution in [0, 0.1) is 11.8 Å². The van der Waals surface area contributed by atoms with Gasteiger partial charge in [0, 0.05) is 13.5 Å². The van der Waals surface area contributed by atoms with Crippen molar-refractivity contribution in [2.75, 3.05) is 13.2 Å². The zero-order chi connectivity index (χ0) is 22.9. The van der Waals surface area contributed by atoms with E-state index >= 15 is 0 Å². The third-order valence-electron chi connectivity index (χ3n) is 6.48. The van der Waals surface area contributed by atoms with E-state index in [2.05, 4.69) is 57.3 Å². The van der Waals surface area contributed by atoms with Gasteiger partial charge in [-0.25, -0.2) is 0 Å². The van der Waals surface area contributed by atoms with Gasteiger partial charge in [-0.05, 0) is 47.1 Å². The van der Waals surface area contributed by atoms with Crippen LogP contribution in [0.2, 0.25) is 0 Å². The molecule has 1 amide bonds. The lowest BCUT2D eigenvalue weighted by Crippen LogP contribution is -2.45. The average molecular weight is 421 g/mol. The summed E-state index contributed by atoms with van der Waals surface area (Å²) in [7, 11) is 0. The Morgan fingerprint density at radius 1 is 1.20 bits per heavy atom. The zero-order valence-electron chi connectivity index (χ0n) is 19.1. The van der Waals surface area contributed by atoms with E-state index in [1.165, 1.54) is 24.0 Å². The summed E-state index contributed by atoms with van der Waals surface area (Å²) in [5, 5.41) is 19.4. The monoisotopic (exact) mass is 420 g/mol. The van der Waals surface area contributed by atoms with E-state index in [-0.39, 0.29) is 17.9 Å². The molecule has 30 heavy (non-hydrogen) atoms. The third kappa shape index (κ3) is 7.40. The Hall–Kier alpha value is -1.92. The number of aliphatic hydroxyl groups is 1. The molecule has 0 spiro atoms. The van der Waals surface area contributed by atoms with Gasteiger partial charge in [0.05, 0.1) is 6.61 Å². The lowest BCUT2D eigenvalue weighted by atomic mass is 9.67. The van der Waals surface area contributed by atoms with Gasteiger partial charge in [-0.2, -0.15) is 0 Å². The largest absolute Gasteiger partial charge is 0.481 e. The molecular formula is C24H40N2O4. The maximum Gasteiger partial charge on any atom is 0.300 e. The fourth-order valence-electron chi connectivity index (χ4n) is 4.03. The first kappa shape index (κ1) is 26.1. The van der Waals surface area contributed by atoms with Crippen molar-refractivity contribution in [1.82, 2.24) is 5.32 Å². The van der Waals surface area contributed by atoms with Crippen LogP contribution in [0.3, 0.4) is 0 Å². The molecule has 1 aliphatic rings. The molecule has 0 radical (unpaired) electrons. The predicted molar refractivity (Wildman–Crippen MR) is 120 cm³/mol. The van der Waals surface area contributed by atoms with Crippen molar-refractivity contribution in [2.24, 2.45) is 17.6 Å². The van der Waals surface area contributed by atoms with E-state index in [1.54, 1.807) is 0 Å². The summed E-state index contributed by atoms with van der Waals surface area (Å²) >= 11 is 0. The summed E-state index contributed by atoms with van der Waals surface area (Å²) in [6.07, 6.45) is 4.73. The topological polar surface area (TPSA) is 113 Å². The molecular weight excluding hydrogens is 380 g/mol. The molecule has 0 heterocycles. The minimum Gasteiger partial charge on any atom is -0.481 e. The zero-order valence-corrected chi connectivity index (χ0v) is 19.1. The molecule has 1 fully saturated rings. The van der Waals surface area contributed by atoms with Gasteiger partial charge in [0.1, 0.15) is 6.04 Å². The average Bonchev–Trinajstić information content (AvgIpc) is 2.71. The normalized spacial score (nSPS) is 20.1. The van der Waals surface area contributed by atoms with E-state index < -0.39 is 12.0 Å². The minimum atomic E-state index is -0.833. The van der Waals surface area contributed by atoms with Gasteiger partial charge in [0.2, 0.25) is 5.91 Å². The molecule has 170 valence electrons. The summed E-state index contributed by atoms with van der Waals surface area (Å²) in [6.45, 7) is 10.6. The maximum absolute atomic E-state index is 12.0. The van der Waals surface area contributed by atoms with Crippen LogP contribution < -0.4 is 11.1 Å². The molecule has 1 saturated carbocycles. The fraction of sp³-hybridized carbons (Fsp3) is 0.667. The molecule has 0 aromatic heterocycles. The van der Waals surface area contributed by atoms with E-state index in [1.807, 2.05) is 0 Å². The quantitative estimate of drug-likeness (QED) is 0.540. The lowest BCUT2D eigenvalue weighted by molar-refractivity contribution is -0.134. The van der Waals surface area contributed by atoms with Crippen LogP contribution in [-0.2, 0) is 15.0 Å². The number of carboxylic acid groups (broad SMARTS) is 1. The van der Waals surface area contributed by atoms with Crippen molar-refractivity contribution in [1.29, 1.82) is 0 Å². The predicted octanol–water partition coefficient (Wildman–Crippen LogP) is 3.42. The molecule has 6 nitrogen and oxygen atoms in total. The summed E-state index contributed by atoms with van der Waals surface area (Å²) < 4.78 is 0. The number of carbonyl (C=O) groups is 2. The highest BCUT2D eigenvalue weighted by Crippen LogP contribution is 2.43. The van der Waals surface area contributed by atoms with Gasteiger partial charge in [0.25, 0.3) is 5.97 Å². The lowest BCUT2D eigenvalue weighted by Gasteiger charge is -2.38. The van der Waals surface area contributed by atoms with E-state index in [0.717, 1.165) is 19.8 Å². The van der Waals surface area contributed by atoms with Crippen molar-refractivity contribution in [2.45, 2.75) is 77.7 Å². The molecule has 3 atom stereocenters. The van der Waals surface area contributed by atoms with Crippen LogP contribution in [0.15, 0.2) is 24.3 Å². The Balaban J connectivity index is 0.00000103. The summed E-state index contributed by atoms with van der Waals surface area (Å²) in [5.74, 6) is 0.340. The van der Waals surface area contributed by atoms with E-state index in [9.17, 15) is 4.79 Å². The smallest absolute Gasteiger partial charge is 0.300 e. The second-order valence-electron chi connectivity index (χ2n) is 9.17. The Morgan fingerprint density at radius 2 is 1.77 bits per heavy atom. The highest BCUT2D eigenvalue weighted by molar-refractivity contribution is 5.81. The van der Waals surface area contributed by atoms with Gasteiger partial charge in [-0.15, -0.1) is 0 Å². The van der Waals surface area contributed by atoms with Crippen LogP contribution in [0.1, 0.15) is 77.3 Å². The number of amides is 1. The number of aliphatic hydroxyl groups excluding tert-OH is 1. The van der Waals surface area contributed by atoms with Crippen molar-refractivity contribution in [3.63, 3.8) is 0 Å². The number of nitrogens with one attached hydrogen (secondary N) is 1. The Kier molecular flexibility index (Phi) is 10.5. The van der Waals surface area contributed by atoms with Gasteiger partial charge in [-0.1, -0.05) is 64.8 Å². The SMILES string of the molecule is CC(=O)O.CC(C)C(C)(C)c1ccccc1C1CCCCC1CNC(=O)[C@@H](N)CO. The molecule has 0 bridgehead atoms. The highest BCUT2D eigenvalue weighted by atomic mass is 16.4. The van der Waals surface area contributed by atoms with Crippen LogP contribution in [-0.4, -0.2) is 41.3 Å². The first-order valence-electron chi connectivity index (χ1n) is 10.9. The van der Waals surface area contributed by atoms with E-state index in [0.29, 0.717) is 24.3 Å². The maximum atomic E-state index is 12.0. The van der Waals surface area contributed by atoms with Crippen LogP contribution in [0.5, 0.6) is 0 Å². The highest BCUT2D eigenvalue weighted by Gasteiger charge is 2.33. The first-order chi connectivity index (χ1) is 14.0. The van der Waals surface area contributed by atoms with Gasteiger partial charge < -0.3 is 21.3 Å². The molecule has 2 unspecified atom stereocenters. The summed E-state index contributed by atoms with van der Waals surface area (Å²) in [5.41, 5.74) is 8.62. The number of benzene rings is 1. The molecule has 5 N–H and O–H groups in total. The summed E-state index contributed by atoms with van der Waals surface area (Å²) in [6, 6.07) is 8.01. The first-order valence-corrected chi connectivity index (χ1v) is 10.9. The fourth-order valence-corrected chi connectivity index (χ4v) is 4.03. The number of hydrogen-bond donors (Lipinski definition) is 4. The van der Waals surface area contributed by atoms with Crippen LogP contribution in [0.4, 0.5) is 0 Å². The van der Waals surface area contributed by atoms with Crippen LogP contribution >= 0.6 is 0 Å². The molecule has 2 rings (SSSR count). The van der Waals surface area contributed by atoms with E-state index in [4.69, 9.17) is 20.7 Å². The van der Waals surface area contributed by atoms with Gasteiger partial charge >= 0.3 is 0 Å². The van der Waals surface area contributed by atoms with Gasteiger partial charge in [-0.3, -0.25) is 9.59 Å². The molecule has 1 aromatic rings. The number of carbonyl (C=O) groups excluding carboxylic acids is 1. The molecule has 0 aliphatic heterocycles. The molecule has 0 saturated heterocycles. The second kappa shape index (κ2) is 12.1. The van der Waals surface area contributed by atoms with Crippen LogP contribution in [0.25, 0.3) is 0 Å². The molecule has 6 heteroatoms. The summed E-state index contributed by atoms with van der Waals surface area (Å²) in [4.78, 5) is 21.0. The number of aliphatic carboxylic acids is 1. The van der Waals surface area contributed by atoms with Gasteiger partial charge in [0.15, 0.2) is 0 Å². The van der Waals surface area contributed by atoms with Crippen molar-refractivity contribution >= 4 is 11.9 Å². The molecule has 1 aliphatic carbocycles. The van der Waals surface area contributed by atoms with Crippen molar-refractivity contribution in [3.8, 4) is 0 Å². The molecule has 1 aromatic carbocycles. The number of hydrogen-bond acceptors (Lipinski definition) is 4. The standard InChI is InChI=1S/C22H36N2O2.C2H4O2/c1-15(2)22(3,4)19-12-8-7-11-18(19)17-10-6-5-9-16(17)13-24-21(26)20(23)14-25;1-2(3)4/h7-8,11-12,15-17,20,25H,5-6,9-10,13-14,23H2,1-4H3,(H,24,26);1H3,(H,3,4)/t16?,17?,20-;/m0./s1. The number of rotatable bonds is 7. The minimum absolute atomic E-state index is 0.112. The van der Waals surface area contributed by atoms with Crippen molar-refractivity contribution in [3.05, 3.63) is 35.4 Å². The second-order valence-corrected chi connectivity index (χ2v) is 9.17. The third-order valence-corrected chi connectivity index (χ3v) is 6.48. The number of carboxylic acids is 1. The Morgan fingerprint density at radius 3 is 2.33 bits per heavy atom.